The maximum atomic E-state index is 14.6. The van der Waals surface area contributed by atoms with Crippen molar-refractivity contribution in [3.05, 3.63) is 45.6 Å². The van der Waals surface area contributed by atoms with Gasteiger partial charge in [0.1, 0.15) is 11.4 Å². The van der Waals surface area contributed by atoms with Crippen LogP contribution in [-0.4, -0.2) is 38.9 Å². The zero-order valence-corrected chi connectivity index (χ0v) is 13.4. The summed E-state index contributed by atoms with van der Waals surface area (Å²) in [6.07, 6.45) is -1.26. The van der Waals surface area contributed by atoms with Crippen LogP contribution in [-0.2, 0) is 17.3 Å². The van der Waals surface area contributed by atoms with Crippen molar-refractivity contribution in [2.75, 3.05) is 13.2 Å². The summed E-state index contributed by atoms with van der Waals surface area (Å²) in [5.41, 5.74) is -1.27. The number of nitrogens with one attached hydrogen (secondary N) is 1. The number of hydrogen-bond donors (Lipinski definition) is 2. The van der Waals surface area contributed by atoms with E-state index in [0.29, 0.717) is 11.5 Å². The number of carboxylic acid groups (broad SMARTS) is 1. The Morgan fingerprint density at radius 2 is 2.20 bits per heavy atom. The lowest BCUT2D eigenvalue weighted by atomic mass is 9.89. The highest BCUT2D eigenvalue weighted by Gasteiger charge is 2.47. The fourth-order valence-corrected chi connectivity index (χ4v) is 2.97. The molecular weight excluding hydrogens is 335 g/mol. The first kappa shape index (κ1) is 16.8. The number of amides is 1. The Balaban J connectivity index is 2.23. The third-order valence-corrected chi connectivity index (χ3v) is 4.25. The SMILES string of the molecule is Cc1nc(-c2cccc([N+](=O)[O-])c2F)c(C2(NC(=O)O)COC2)n1C. The summed E-state index contributed by atoms with van der Waals surface area (Å²) in [5, 5.41) is 22.6. The van der Waals surface area contributed by atoms with Gasteiger partial charge in [0, 0.05) is 18.7 Å². The number of halogens is 1. The van der Waals surface area contributed by atoms with E-state index in [0.717, 1.165) is 6.07 Å². The minimum absolute atomic E-state index is 0.0574. The zero-order valence-electron chi connectivity index (χ0n) is 13.4. The predicted molar refractivity (Wildman–Crippen MR) is 83.7 cm³/mol. The number of imidazole rings is 1. The van der Waals surface area contributed by atoms with Crippen molar-refractivity contribution >= 4 is 11.8 Å². The summed E-state index contributed by atoms with van der Waals surface area (Å²) in [6, 6.07) is 3.80. The Kier molecular flexibility index (Phi) is 3.91. The molecule has 1 aromatic carbocycles. The van der Waals surface area contributed by atoms with E-state index in [4.69, 9.17) is 9.84 Å². The van der Waals surface area contributed by atoms with Crippen LogP contribution in [0.4, 0.5) is 14.9 Å². The smallest absolute Gasteiger partial charge is 0.405 e. The number of nitro groups is 1. The Bertz CT molecular complexity index is 875. The molecule has 1 amide bonds. The summed E-state index contributed by atoms with van der Waals surface area (Å²) in [6.45, 7) is 1.79. The number of nitro benzene ring substituents is 1. The molecule has 0 bridgehead atoms. The highest BCUT2D eigenvalue weighted by Crippen LogP contribution is 2.39. The second-order valence-electron chi connectivity index (χ2n) is 5.82. The molecule has 3 rings (SSSR count). The van der Waals surface area contributed by atoms with Crippen molar-refractivity contribution in [3.63, 3.8) is 0 Å². The molecule has 25 heavy (non-hydrogen) atoms. The number of nitrogens with zero attached hydrogens (tertiary/aromatic N) is 3. The number of hydrogen-bond acceptors (Lipinski definition) is 5. The summed E-state index contributed by atoms with van der Waals surface area (Å²) in [5.74, 6) is -0.507. The average Bonchev–Trinajstić information content (AvgIpc) is 2.79. The molecule has 2 aromatic rings. The quantitative estimate of drug-likeness (QED) is 0.642. The molecule has 1 aliphatic rings. The summed E-state index contributed by atoms with van der Waals surface area (Å²) in [4.78, 5) is 25.7. The molecule has 0 aliphatic carbocycles. The number of rotatable bonds is 4. The van der Waals surface area contributed by atoms with E-state index >= 15 is 0 Å². The first-order valence-corrected chi connectivity index (χ1v) is 7.33. The van der Waals surface area contributed by atoms with Gasteiger partial charge in [0.25, 0.3) is 0 Å². The molecule has 10 heteroatoms. The van der Waals surface area contributed by atoms with E-state index in [1.165, 1.54) is 12.1 Å². The molecule has 0 atom stereocenters. The maximum Gasteiger partial charge on any atom is 0.405 e. The minimum atomic E-state index is -1.26. The number of aromatic nitrogens is 2. The van der Waals surface area contributed by atoms with Crippen LogP contribution in [0.25, 0.3) is 11.3 Å². The molecule has 0 radical (unpaired) electrons. The van der Waals surface area contributed by atoms with Gasteiger partial charge in [0.2, 0.25) is 5.82 Å². The lowest BCUT2D eigenvalue weighted by Gasteiger charge is -2.41. The van der Waals surface area contributed by atoms with Crippen LogP contribution < -0.4 is 5.32 Å². The van der Waals surface area contributed by atoms with Crippen molar-refractivity contribution in [1.82, 2.24) is 14.9 Å². The molecule has 0 saturated carbocycles. The molecule has 0 spiro atoms. The standard InChI is InChI=1S/C15H15FN4O5/c1-8-17-12(9-4-3-5-10(11(9)16)20(23)24)13(19(8)2)15(6-25-7-15)18-14(21)22/h3-5,18H,6-7H2,1-2H3,(H,21,22). The lowest BCUT2D eigenvalue weighted by Crippen LogP contribution is -2.60. The molecule has 1 aliphatic heterocycles. The van der Waals surface area contributed by atoms with Crippen molar-refractivity contribution in [3.8, 4) is 11.3 Å². The van der Waals surface area contributed by atoms with Crippen LogP contribution in [0.5, 0.6) is 0 Å². The highest BCUT2D eigenvalue weighted by molar-refractivity contribution is 5.71. The average molecular weight is 350 g/mol. The third-order valence-electron chi connectivity index (χ3n) is 4.25. The van der Waals surface area contributed by atoms with E-state index in [-0.39, 0.29) is 24.5 Å². The van der Waals surface area contributed by atoms with Crippen molar-refractivity contribution in [2.45, 2.75) is 12.5 Å². The minimum Gasteiger partial charge on any atom is -0.465 e. The van der Waals surface area contributed by atoms with Gasteiger partial charge < -0.3 is 19.7 Å². The molecule has 1 fully saturated rings. The van der Waals surface area contributed by atoms with Gasteiger partial charge >= 0.3 is 11.8 Å². The second-order valence-corrected chi connectivity index (χ2v) is 5.82. The van der Waals surface area contributed by atoms with Crippen LogP contribution in [0.2, 0.25) is 0 Å². The van der Waals surface area contributed by atoms with Crippen LogP contribution in [0.1, 0.15) is 11.5 Å². The maximum absolute atomic E-state index is 14.6. The largest absolute Gasteiger partial charge is 0.465 e. The fourth-order valence-electron chi connectivity index (χ4n) is 2.97. The van der Waals surface area contributed by atoms with E-state index in [1.54, 1.807) is 18.5 Å². The monoisotopic (exact) mass is 350 g/mol. The molecule has 1 saturated heterocycles. The van der Waals surface area contributed by atoms with Crippen LogP contribution >= 0.6 is 0 Å². The molecule has 2 heterocycles. The lowest BCUT2D eigenvalue weighted by molar-refractivity contribution is -0.387. The van der Waals surface area contributed by atoms with Gasteiger partial charge in [-0.1, -0.05) is 6.07 Å². The normalized spacial score (nSPS) is 15.5. The first-order valence-electron chi connectivity index (χ1n) is 7.33. The van der Waals surface area contributed by atoms with E-state index in [1.807, 2.05) is 0 Å². The van der Waals surface area contributed by atoms with Gasteiger partial charge in [-0.15, -0.1) is 0 Å². The number of carbonyl (C=O) groups is 1. The number of aryl methyl sites for hydroxylation is 1. The van der Waals surface area contributed by atoms with E-state index in [2.05, 4.69) is 10.3 Å². The van der Waals surface area contributed by atoms with E-state index in [9.17, 15) is 19.3 Å². The van der Waals surface area contributed by atoms with Gasteiger partial charge in [-0.2, -0.15) is 4.39 Å². The molecule has 1 aromatic heterocycles. The molecule has 9 nitrogen and oxygen atoms in total. The summed E-state index contributed by atoms with van der Waals surface area (Å²) >= 11 is 0. The second kappa shape index (κ2) is 5.81. The fraction of sp³-hybridized carbons (Fsp3) is 0.333. The molecular formula is C15H15FN4O5. The molecule has 132 valence electrons. The Morgan fingerprint density at radius 3 is 2.72 bits per heavy atom. The Labute approximate surface area is 141 Å². The van der Waals surface area contributed by atoms with Gasteiger partial charge in [0.15, 0.2) is 0 Å². The first-order chi connectivity index (χ1) is 11.8. The molecule has 2 N–H and O–H groups in total. The van der Waals surface area contributed by atoms with Gasteiger partial charge in [-0.05, 0) is 13.0 Å². The summed E-state index contributed by atoms with van der Waals surface area (Å²) in [7, 11) is 1.67. The number of benzene rings is 1. The predicted octanol–water partition coefficient (Wildman–Crippen LogP) is 1.94. The van der Waals surface area contributed by atoms with Gasteiger partial charge in [-0.3, -0.25) is 10.1 Å². The van der Waals surface area contributed by atoms with Crippen LogP contribution in [0, 0.1) is 22.9 Å². The van der Waals surface area contributed by atoms with Gasteiger partial charge in [-0.25, -0.2) is 9.78 Å². The summed E-state index contributed by atoms with van der Waals surface area (Å²) < 4.78 is 21.4. The van der Waals surface area contributed by atoms with Crippen molar-refractivity contribution < 1.29 is 24.0 Å². The van der Waals surface area contributed by atoms with Crippen LogP contribution in [0.15, 0.2) is 18.2 Å². The molecule has 0 unspecified atom stereocenters. The van der Waals surface area contributed by atoms with Crippen molar-refractivity contribution in [1.29, 1.82) is 0 Å². The topological polar surface area (TPSA) is 120 Å². The van der Waals surface area contributed by atoms with Crippen LogP contribution in [0.3, 0.4) is 0 Å². The van der Waals surface area contributed by atoms with Gasteiger partial charge in [0.05, 0.1) is 29.5 Å². The van der Waals surface area contributed by atoms with E-state index < -0.39 is 28.1 Å². The number of ether oxygens (including phenoxy) is 1. The Hall–Kier alpha value is -3.01. The van der Waals surface area contributed by atoms with Crippen molar-refractivity contribution in [2.24, 2.45) is 7.05 Å². The Morgan fingerprint density at radius 1 is 1.52 bits per heavy atom. The zero-order chi connectivity index (χ0) is 18.4. The third kappa shape index (κ3) is 2.60. The highest BCUT2D eigenvalue weighted by atomic mass is 19.1.